The first-order valence-corrected chi connectivity index (χ1v) is 7.90. The molecule has 0 aliphatic heterocycles. The third-order valence-corrected chi connectivity index (χ3v) is 5.71. The predicted octanol–water partition coefficient (Wildman–Crippen LogP) is 3.24. The smallest absolute Gasteiger partial charge is 0.207 e. The van der Waals surface area contributed by atoms with Crippen LogP contribution in [0.2, 0.25) is 0 Å². The zero-order chi connectivity index (χ0) is 14.8. The van der Waals surface area contributed by atoms with Gasteiger partial charge >= 0.3 is 0 Å². The Morgan fingerprint density at radius 2 is 1.30 bits per heavy atom. The number of hydrogen-bond acceptors (Lipinski definition) is 2. The van der Waals surface area contributed by atoms with E-state index in [2.05, 4.69) is 0 Å². The van der Waals surface area contributed by atoms with Crippen LogP contribution in [-0.2, 0) is 15.6 Å². The lowest BCUT2D eigenvalue weighted by molar-refractivity contribution is 0.270. The molecule has 0 spiro atoms. The molecule has 0 amide bonds. The van der Waals surface area contributed by atoms with E-state index >= 15 is 0 Å². The summed E-state index contributed by atoms with van der Waals surface area (Å²) in [5.74, 6) is 0. The zero-order valence-electron chi connectivity index (χ0n) is 11.9. The monoisotopic (exact) mass is 289 g/mol. The van der Waals surface area contributed by atoms with Crippen molar-refractivity contribution in [2.45, 2.75) is 24.3 Å². The molecule has 0 fully saturated rings. The van der Waals surface area contributed by atoms with E-state index in [0.717, 1.165) is 5.56 Å². The summed E-state index contributed by atoms with van der Waals surface area (Å²) < 4.78 is 26.8. The Bertz CT molecular complexity index is 664. The van der Waals surface area contributed by atoms with Crippen LogP contribution in [0.5, 0.6) is 0 Å². The molecule has 0 atom stereocenters. The summed E-state index contributed by atoms with van der Waals surface area (Å²) in [6.07, 6.45) is 0. The average Bonchev–Trinajstić information content (AvgIpc) is 2.48. The van der Waals surface area contributed by atoms with Gasteiger partial charge < -0.3 is 0 Å². The van der Waals surface area contributed by atoms with E-state index in [1.54, 1.807) is 37.4 Å². The quantitative estimate of drug-likeness (QED) is 0.866. The summed E-state index contributed by atoms with van der Waals surface area (Å²) in [5.41, 5.74) is 0.345. The fraction of sp³-hybridized carbons (Fsp3) is 0.250. The van der Waals surface area contributed by atoms with Gasteiger partial charge in [0.25, 0.3) is 0 Å². The lowest BCUT2D eigenvalue weighted by Crippen LogP contribution is -2.42. The van der Waals surface area contributed by atoms with Crippen LogP contribution >= 0.6 is 0 Å². The van der Waals surface area contributed by atoms with E-state index in [4.69, 9.17) is 0 Å². The Morgan fingerprint density at radius 3 is 1.80 bits per heavy atom. The summed E-state index contributed by atoms with van der Waals surface area (Å²) in [6, 6.07) is 18.1. The number of hydrogen-bond donors (Lipinski definition) is 0. The molecule has 2 aromatic carbocycles. The Hall–Kier alpha value is -1.65. The Kier molecular flexibility index (Phi) is 3.97. The van der Waals surface area contributed by atoms with Crippen LogP contribution in [0.15, 0.2) is 65.6 Å². The third kappa shape index (κ3) is 2.62. The first kappa shape index (κ1) is 14.8. The summed E-state index contributed by atoms with van der Waals surface area (Å²) in [6.45, 7) is 3.81. The van der Waals surface area contributed by atoms with E-state index in [9.17, 15) is 8.42 Å². The number of nitrogens with zero attached hydrogens (tertiary/aromatic N) is 1. The Labute approximate surface area is 120 Å². The minimum atomic E-state index is -3.51. The van der Waals surface area contributed by atoms with Crippen molar-refractivity contribution in [2.24, 2.45) is 0 Å². The predicted molar refractivity (Wildman–Crippen MR) is 80.9 cm³/mol. The largest absolute Gasteiger partial charge is 0.243 e. The van der Waals surface area contributed by atoms with Crippen molar-refractivity contribution in [3.8, 4) is 0 Å². The van der Waals surface area contributed by atoms with Gasteiger partial charge in [-0.1, -0.05) is 48.5 Å². The van der Waals surface area contributed by atoms with Gasteiger partial charge in [0, 0.05) is 7.05 Å². The highest BCUT2D eigenvalue weighted by molar-refractivity contribution is 7.89. The minimum Gasteiger partial charge on any atom is -0.207 e. The van der Waals surface area contributed by atoms with E-state index in [0.29, 0.717) is 4.90 Å². The van der Waals surface area contributed by atoms with Gasteiger partial charge in [0.2, 0.25) is 10.0 Å². The van der Waals surface area contributed by atoms with Gasteiger partial charge in [-0.2, -0.15) is 4.31 Å². The lowest BCUT2D eigenvalue weighted by Gasteiger charge is -2.35. The molecule has 4 heteroatoms. The van der Waals surface area contributed by atoms with Gasteiger partial charge in [-0.3, -0.25) is 0 Å². The van der Waals surface area contributed by atoms with E-state index < -0.39 is 15.6 Å². The van der Waals surface area contributed by atoms with Crippen LogP contribution in [0.3, 0.4) is 0 Å². The topological polar surface area (TPSA) is 37.4 Å². The lowest BCUT2D eigenvalue weighted by atomic mass is 9.95. The third-order valence-electron chi connectivity index (χ3n) is 3.67. The highest BCUT2D eigenvalue weighted by Gasteiger charge is 2.35. The second-order valence-corrected chi connectivity index (χ2v) is 7.18. The van der Waals surface area contributed by atoms with E-state index in [-0.39, 0.29) is 0 Å². The van der Waals surface area contributed by atoms with Crippen molar-refractivity contribution < 1.29 is 8.42 Å². The maximum Gasteiger partial charge on any atom is 0.243 e. The highest BCUT2D eigenvalue weighted by Crippen LogP contribution is 2.31. The van der Waals surface area contributed by atoms with Crippen LogP contribution in [-0.4, -0.2) is 19.8 Å². The molecule has 0 aromatic heterocycles. The molecule has 106 valence electrons. The van der Waals surface area contributed by atoms with Gasteiger partial charge in [0.05, 0.1) is 10.4 Å². The van der Waals surface area contributed by atoms with E-state index in [1.165, 1.54) is 4.31 Å². The molecule has 0 bridgehead atoms. The fourth-order valence-corrected chi connectivity index (χ4v) is 3.60. The number of rotatable bonds is 4. The molecule has 3 nitrogen and oxygen atoms in total. The fourth-order valence-electron chi connectivity index (χ4n) is 2.08. The van der Waals surface area contributed by atoms with Gasteiger partial charge in [-0.05, 0) is 31.5 Å². The molecule has 0 unspecified atom stereocenters. The Morgan fingerprint density at radius 1 is 0.850 bits per heavy atom. The van der Waals surface area contributed by atoms with Crippen molar-refractivity contribution in [2.75, 3.05) is 7.05 Å². The maximum atomic E-state index is 12.7. The van der Waals surface area contributed by atoms with Gasteiger partial charge in [-0.25, -0.2) is 8.42 Å². The first-order chi connectivity index (χ1) is 9.37. The van der Waals surface area contributed by atoms with Crippen molar-refractivity contribution >= 4 is 10.0 Å². The van der Waals surface area contributed by atoms with Gasteiger partial charge in [0.1, 0.15) is 0 Å². The summed E-state index contributed by atoms with van der Waals surface area (Å²) >= 11 is 0. The van der Waals surface area contributed by atoms with Crippen LogP contribution in [0.4, 0.5) is 0 Å². The summed E-state index contributed by atoms with van der Waals surface area (Å²) in [5, 5.41) is 0. The summed E-state index contributed by atoms with van der Waals surface area (Å²) in [7, 11) is -1.89. The molecule has 2 rings (SSSR count). The van der Waals surface area contributed by atoms with E-state index in [1.807, 2.05) is 44.2 Å². The molecule has 0 N–H and O–H groups in total. The zero-order valence-corrected chi connectivity index (χ0v) is 12.8. The van der Waals surface area contributed by atoms with Crippen LogP contribution in [0, 0.1) is 0 Å². The number of benzene rings is 2. The first-order valence-electron chi connectivity index (χ1n) is 6.46. The molecule has 0 heterocycles. The minimum absolute atomic E-state index is 0.312. The molecular weight excluding hydrogens is 270 g/mol. The van der Waals surface area contributed by atoms with Crippen LogP contribution in [0.1, 0.15) is 19.4 Å². The number of sulfonamides is 1. The van der Waals surface area contributed by atoms with Crippen LogP contribution < -0.4 is 0 Å². The SMILES string of the molecule is CN(C(C)(C)c1ccccc1)S(=O)(=O)c1ccccc1. The van der Waals surface area contributed by atoms with Crippen molar-refractivity contribution in [1.82, 2.24) is 4.31 Å². The second-order valence-electron chi connectivity index (χ2n) is 5.21. The second kappa shape index (κ2) is 5.38. The summed E-state index contributed by atoms with van der Waals surface area (Å²) in [4.78, 5) is 0.312. The van der Waals surface area contributed by atoms with Crippen molar-refractivity contribution in [1.29, 1.82) is 0 Å². The molecule has 0 saturated carbocycles. The van der Waals surface area contributed by atoms with Crippen molar-refractivity contribution in [3.05, 3.63) is 66.2 Å². The molecule has 0 radical (unpaired) electrons. The molecular formula is C16H19NO2S. The molecule has 0 aliphatic rings. The Balaban J connectivity index is 2.43. The van der Waals surface area contributed by atoms with Crippen LogP contribution in [0.25, 0.3) is 0 Å². The molecule has 0 aliphatic carbocycles. The standard InChI is InChI=1S/C16H19NO2S/c1-16(2,14-10-6-4-7-11-14)17(3)20(18,19)15-12-8-5-9-13-15/h4-13H,1-3H3. The maximum absolute atomic E-state index is 12.7. The van der Waals surface area contributed by atoms with Gasteiger partial charge in [-0.15, -0.1) is 0 Å². The molecule has 20 heavy (non-hydrogen) atoms. The molecule has 2 aromatic rings. The highest BCUT2D eigenvalue weighted by atomic mass is 32.2. The normalized spacial score (nSPS) is 12.6. The molecule has 0 saturated heterocycles. The van der Waals surface area contributed by atoms with Gasteiger partial charge in [0.15, 0.2) is 0 Å². The van der Waals surface area contributed by atoms with Crippen molar-refractivity contribution in [3.63, 3.8) is 0 Å². The average molecular weight is 289 g/mol.